The molecule has 0 radical (unpaired) electrons. The molecule has 1 aromatic rings. The molecule has 0 spiro atoms. The van der Waals surface area contributed by atoms with Crippen molar-refractivity contribution in [2.45, 2.75) is 13.0 Å². The highest BCUT2D eigenvalue weighted by Gasteiger charge is 2.05. The molecule has 0 amide bonds. The van der Waals surface area contributed by atoms with Gasteiger partial charge in [0.15, 0.2) is 0 Å². The van der Waals surface area contributed by atoms with Crippen molar-refractivity contribution in [2.75, 3.05) is 106 Å². The number of pyridine rings is 1. The lowest BCUT2D eigenvalue weighted by Crippen LogP contribution is -2.21. The zero-order valence-electron chi connectivity index (χ0n) is 20.7. The molecule has 0 saturated heterocycles. The van der Waals surface area contributed by atoms with Crippen LogP contribution >= 0.6 is 45.2 Å². The SMILES string of the molecule is COCCOCCOCCOCCOCCOCCOCCOC(C)COc1cc(I)nc(I)c1. The van der Waals surface area contributed by atoms with Crippen LogP contribution in [0.5, 0.6) is 5.75 Å². The average Bonchev–Trinajstić information content (AvgIpc) is 2.83. The van der Waals surface area contributed by atoms with Crippen LogP contribution < -0.4 is 4.74 Å². The second kappa shape index (κ2) is 24.4. The van der Waals surface area contributed by atoms with Crippen LogP contribution in [-0.4, -0.2) is 117 Å². The van der Waals surface area contributed by atoms with Crippen molar-refractivity contribution in [3.8, 4) is 5.75 Å². The summed E-state index contributed by atoms with van der Waals surface area (Å²) in [6.45, 7) is 9.98. The zero-order valence-corrected chi connectivity index (χ0v) is 25.0. The van der Waals surface area contributed by atoms with Crippen LogP contribution in [0, 0.1) is 7.40 Å². The highest BCUT2D eigenvalue weighted by Crippen LogP contribution is 2.17. The smallest absolute Gasteiger partial charge is 0.124 e. The quantitative estimate of drug-likeness (QED) is 0.0851. The zero-order chi connectivity index (χ0) is 25.4. The standard InChI is InChI=1S/C23H39I2NO9/c1-20(19-35-21-17-22(24)26-23(25)18-21)34-16-15-33-14-13-32-12-11-31-10-9-30-8-7-29-6-5-28-4-3-27-2/h17-18,20H,3-16,19H2,1-2H3. The average molecular weight is 727 g/mol. The Morgan fingerprint density at radius 1 is 0.629 bits per heavy atom. The van der Waals surface area contributed by atoms with Crippen LogP contribution in [0.4, 0.5) is 0 Å². The first kappa shape index (κ1) is 33.1. The Kier molecular flexibility index (Phi) is 23.1. The fourth-order valence-electron chi connectivity index (χ4n) is 2.44. The summed E-state index contributed by atoms with van der Waals surface area (Å²) in [6.07, 6.45) is -0.0298. The van der Waals surface area contributed by atoms with Crippen molar-refractivity contribution in [1.29, 1.82) is 0 Å². The minimum absolute atomic E-state index is 0.0298. The Hall–Kier alpha value is 0.0900. The summed E-state index contributed by atoms with van der Waals surface area (Å²) in [5.74, 6) is 0.801. The normalized spacial score (nSPS) is 12.2. The first-order chi connectivity index (χ1) is 17.1. The molecular weight excluding hydrogens is 688 g/mol. The lowest BCUT2D eigenvalue weighted by atomic mass is 10.4. The van der Waals surface area contributed by atoms with E-state index in [4.69, 9.17) is 42.6 Å². The molecule has 1 heterocycles. The van der Waals surface area contributed by atoms with E-state index in [0.717, 1.165) is 13.2 Å². The topological polar surface area (TPSA) is 96.0 Å². The van der Waals surface area contributed by atoms with E-state index in [-0.39, 0.29) is 6.10 Å². The van der Waals surface area contributed by atoms with E-state index < -0.39 is 0 Å². The summed E-state index contributed by atoms with van der Waals surface area (Å²) in [6, 6.07) is 3.80. The number of ether oxygens (including phenoxy) is 9. The molecule has 1 unspecified atom stereocenters. The van der Waals surface area contributed by atoms with Gasteiger partial charge in [-0.3, -0.25) is 0 Å². The molecule has 0 aliphatic rings. The second-order valence-corrected chi connectivity index (χ2v) is 9.32. The predicted octanol–water partition coefficient (Wildman–Crippen LogP) is 2.82. The maximum atomic E-state index is 5.76. The van der Waals surface area contributed by atoms with Crippen molar-refractivity contribution in [1.82, 2.24) is 4.98 Å². The van der Waals surface area contributed by atoms with Crippen molar-refractivity contribution < 1.29 is 42.6 Å². The molecule has 1 rings (SSSR count). The van der Waals surface area contributed by atoms with Gasteiger partial charge in [-0.25, -0.2) is 4.98 Å². The van der Waals surface area contributed by atoms with E-state index in [9.17, 15) is 0 Å². The molecule has 0 fully saturated rings. The highest BCUT2D eigenvalue weighted by molar-refractivity contribution is 14.1. The van der Waals surface area contributed by atoms with Crippen LogP contribution in [0.25, 0.3) is 0 Å². The number of methoxy groups -OCH3 is 1. The van der Waals surface area contributed by atoms with Crippen molar-refractivity contribution >= 4 is 45.2 Å². The summed E-state index contributed by atoms with van der Waals surface area (Å²) in [5, 5.41) is 0. The van der Waals surface area contributed by atoms with E-state index in [1.165, 1.54) is 0 Å². The summed E-state index contributed by atoms with van der Waals surface area (Å²) >= 11 is 4.35. The molecule has 12 heteroatoms. The van der Waals surface area contributed by atoms with Crippen molar-refractivity contribution in [2.24, 2.45) is 0 Å². The number of aromatic nitrogens is 1. The van der Waals surface area contributed by atoms with Crippen LogP contribution in [0.1, 0.15) is 6.92 Å². The summed E-state index contributed by atoms with van der Waals surface area (Å²) in [4.78, 5) is 4.31. The van der Waals surface area contributed by atoms with Gasteiger partial charge in [0.25, 0.3) is 0 Å². The van der Waals surface area contributed by atoms with Crippen LogP contribution in [0.15, 0.2) is 12.1 Å². The number of hydrogen-bond acceptors (Lipinski definition) is 10. The van der Waals surface area contributed by atoms with E-state index >= 15 is 0 Å². The van der Waals surface area contributed by atoms with Crippen molar-refractivity contribution in [3.63, 3.8) is 0 Å². The van der Waals surface area contributed by atoms with E-state index in [1.54, 1.807) is 7.11 Å². The third kappa shape index (κ3) is 21.8. The molecule has 0 bridgehead atoms. The van der Waals surface area contributed by atoms with Crippen molar-refractivity contribution in [3.05, 3.63) is 19.5 Å². The van der Waals surface area contributed by atoms with Gasteiger partial charge in [-0.15, -0.1) is 0 Å². The van der Waals surface area contributed by atoms with Gasteiger partial charge >= 0.3 is 0 Å². The Morgan fingerprint density at radius 3 is 1.40 bits per heavy atom. The Labute approximate surface area is 236 Å². The minimum Gasteiger partial charge on any atom is -0.491 e. The minimum atomic E-state index is -0.0298. The van der Waals surface area contributed by atoms with Crippen LogP contribution in [0.2, 0.25) is 0 Å². The third-order valence-electron chi connectivity index (χ3n) is 4.14. The molecule has 0 saturated carbocycles. The number of hydrogen-bond donors (Lipinski definition) is 0. The molecule has 0 N–H and O–H groups in total. The molecule has 0 aliphatic carbocycles. The second-order valence-electron chi connectivity index (χ2n) is 7.11. The molecule has 1 aromatic heterocycles. The van der Waals surface area contributed by atoms with Gasteiger partial charge in [-0.2, -0.15) is 0 Å². The number of rotatable bonds is 25. The molecule has 1 atom stereocenters. The lowest BCUT2D eigenvalue weighted by Gasteiger charge is -2.14. The number of halogens is 2. The fourth-order valence-corrected chi connectivity index (χ4v) is 4.04. The summed E-state index contributed by atoms with van der Waals surface area (Å²) in [7, 11) is 1.65. The maximum absolute atomic E-state index is 5.76. The van der Waals surface area contributed by atoms with Gasteiger partial charge in [0, 0.05) is 19.2 Å². The van der Waals surface area contributed by atoms with E-state index in [0.29, 0.717) is 99.1 Å². The van der Waals surface area contributed by atoms with Gasteiger partial charge < -0.3 is 42.6 Å². The Morgan fingerprint density at radius 2 is 1.00 bits per heavy atom. The fraction of sp³-hybridized carbons (Fsp3) is 0.783. The largest absolute Gasteiger partial charge is 0.491 e. The highest BCUT2D eigenvalue weighted by atomic mass is 127. The van der Waals surface area contributed by atoms with Gasteiger partial charge in [0.1, 0.15) is 19.8 Å². The molecule has 10 nitrogen and oxygen atoms in total. The lowest BCUT2D eigenvalue weighted by molar-refractivity contribution is -0.0302. The summed E-state index contributed by atoms with van der Waals surface area (Å²) in [5.41, 5.74) is 0. The maximum Gasteiger partial charge on any atom is 0.124 e. The van der Waals surface area contributed by atoms with E-state index in [2.05, 4.69) is 50.2 Å². The predicted molar refractivity (Wildman–Crippen MR) is 147 cm³/mol. The Bertz CT molecular complexity index is 596. The third-order valence-corrected chi connectivity index (χ3v) is 5.25. The van der Waals surface area contributed by atoms with Gasteiger partial charge in [0.2, 0.25) is 0 Å². The first-order valence-electron chi connectivity index (χ1n) is 11.6. The van der Waals surface area contributed by atoms with Crippen LogP contribution in [0.3, 0.4) is 0 Å². The molecule has 204 valence electrons. The first-order valence-corrected chi connectivity index (χ1v) is 13.8. The van der Waals surface area contributed by atoms with Gasteiger partial charge in [-0.05, 0) is 52.1 Å². The molecule has 0 aliphatic heterocycles. The Balaban J connectivity index is 1.75. The van der Waals surface area contributed by atoms with Gasteiger partial charge in [-0.1, -0.05) is 0 Å². The monoisotopic (exact) mass is 727 g/mol. The molecular formula is C23H39I2NO9. The summed E-state index contributed by atoms with van der Waals surface area (Å²) < 4.78 is 50.7. The van der Waals surface area contributed by atoms with E-state index in [1.807, 2.05) is 19.1 Å². The van der Waals surface area contributed by atoms with Gasteiger partial charge in [0.05, 0.1) is 98.6 Å². The molecule has 0 aromatic carbocycles. The molecule has 35 heavy (non-hydrogen) atoms. The number of nitrogens with zero attached hydrogens (tertiary/aromatic N) is 1. The van der Waals surface area contributed by atoms with Crippen LogP contribution in [-0.2, 0) is 37.9 Å².